The maximum absolute atomic E-state index is 12.7. The number of carbonyl (C=O) groups excluding carboxylic acids is 1. The van der Waals surface area contributed by atoms with Crippen molar-refractivity contribution in [2.45, 2.75) is 19.5 Å². The quantitative estimate of drug-likeness (QED) is 0.653. The Morgan fingerprint density at radius 2 is 1.97 bits per heavy atom. The van der Waals surface area contributed by atoms with Crippen molar-refractivity contribution >= 4 is 5.91 Å². The summed E-state index contributed by atoms with van der Waals surface area (Å²) in [6, 6.07) is 6.96. The summed E-state index contributed by atoms with van der Waals surface area (Å²) in [5, 5.41) is 7.78. The summed E-state index contributed by atoms with van der Waals surface area (Å²) in [7, 11) is 0. The molecule has 0 aliphatic carbocycles. The summed E-state index contributed by atoms with van der Waals surface area (Å²) < 4.78 is 31.3. The zero-order valence-corrected chi connectivity index (χ0v) is 15.6. The van der Waals surface area contributed by atoms with Crippen LogP contribution in [0.1, 0.15) is 29.2 Å². The minimum atomic E-state index is -2.75. The molecule has 1 amide bonds. The van der Waals surface area contributed by atoms with Gasteiger partial charge < -0.3 is 9.42 Å². The fourth-order valence-electron chi connectivity index (χ4n) is 3.32. The van der Waals surface area contributed by atoms with Gasteiger partial charge in [0.05, 0.1) is 6.54 Å². The Kier molecular flexibility index (Phi) is 5.61. The van der Waals surface area contributed by atoms with Crippen LogP contribution in [-0.2, 0) is 6.54 Å². The number of pyridine rings is 1. The Balaban J connectivity index is 1.35. The van der Waals surface area contributed by atoms with Crippen LogP contribution >= 0.6 is 0 Å². The van der Waals surface area contributed by atoms with Crippen LogP contribution in [0.15, 0.2) is 47.4 Å². The normalized spacial score (nSPS) is 15.6. The van der Waals surface area contributed by atoms with Crippen molar-refractivity contribution in [2.75, 3.05) is 26.2 Å². The second-order valence-electron chi connectivity index (χ2n) is 6.79. The molecule has 0 atom stereocenters. The molecule has 3 aromatic rings. The second kappa shape index (κ2) is 8.48. The zero-order chi connectivity index (χ0) is 20.2. The van der Waals surface area contributed by atoms with E-state index in [0.29, 0.717) is 30.9 Å². The molecule has 0 saturated carbocycles. The highest BCUT2D eigenvalue weighted by Crippen LogP contribution is 2.19. The van der Waals surface area contributed by atoms with Gasteiger partial charge in [-0.1, -0.05) is 5.16 Å². The maximum atomic E-state index is 12.7. The predicted molar refractivity (Wildman–Crippen MR) is 99.0 cm³/mol. The summed E-state index contributed by atoms with van der Waals surface area (Å²) in [4.78, 5) is 20.4. The summed E-state index contributed by atoms with van der Waals surface area (Å²) >= 11 is 0. The van der Waals surface area contributed by atoms with Crippen molar-refractivity contribution in [1.29, 1.82) is 0 Å². The third kappa shape index (κ3) is 4.48. The molecular weight excluding hydrogens is 382 g/mol. The lowest BCUT2D eigenvalue weighted by atomic mass is 10.2. The van der Waals surface area contributed by atoms with Gasteiger partial charge >= 0.3 is 6.55 Å². The van der Waals surface area contributed by atoms with Crippen molar-refractivity contribution in [3.8, 4) is 11.3 Å². The Bertz CT molecular complexity index is 959. The number of hydrogen-bond donors (Lipinski definition) is 0. The van der Waals surface area contributed by atoms with Gasteiger partial charge in [-0.2, -0.15) is 13.9 Å². The van der Waals surface area contributed by atoms with Gasteiger partial charge in [0.1, 0.15) is 5.69 Å². The van der Waals surface area contributed by atoms with Gasteiger partial charge in [0.2, 0.25) is 0 Å². The average molecular weight is 402 g/mol. The standard InChI is InChI=1S/C19H20F2N6O2/c20-19(21)27-9-4-16(23-27)18(28)26-8-1-7-25(10-11-26)13-15-12-17(24-29-15)14-2-5-22-6-3-14/h2-6,9,12,19H,1,7-8,10-11,13H2. The van der Waals surface area contributed by atoms with Crippen LogP contribution in [0, 0.1) is 0 Å². The SMILES string of the molecule is O=C(c1ccn(C(F)F)n1)N1CCCN(Cc2cc(-c3ccncc3)no2)CC1. The zero-order valence-electron chi connectivity index (χ0n) is 15.6. The lowest BCUT2D eigenvalue weighted by molar-refractivity contribution is 0.0552. The maximum Gasteiger partial charge on any atom is 0.333 e. The van der Waals surface area contributed by atoms with Crippen molar-refractivity contribution in [2.24, 2.45) is 0 Å². The molecule has 29 heavy (non-hydrogen) atoms. The third-order valence-corrected chi connectivity index (χ3v) is 4.82. The van der Waals surface area contributed by atoms with E-state index in [9.17, 15) is 13.6 Å². The molecule has 0 bridgehead atoms. The minimum absolute atomic E-state index is 0.0379. The van der Waals surface area contributed by atoms with Gasteiger partial charge in [0.15, 0.2) is 11.5 Å². The van der Waals surface area contributed by atoms with Crippen LogP contribution in [0.4, 0.5) is 8.78 Å². The molecule has 0 radical (unpaired) electrons. The molecule has 8 nitrogen and oxygen atoms in total. The first-order valence-corrected chi connectivity index (χ1v) is 9.31. The van der Waals surface area contributed by atoms with Crippen LogP contribution in [0.5, 0.6) is 0 Å². The summed E-state index contributed by atoms with van der Waals surface area (Å²) in [5.74, 6) is 0.415. The monoisotopic (exact) mass is 402 g/mol. The fraction of sp³-hybridized carbons (Fsp3) is 0.368. The molecule has 3 aromatic heterocycles. The van der Waals surface area contributed by atoms with Crippen LogP contribution in [0.25, 0.3) is 11.3 Å². The minimum Gasteiger partial charge on any atom is -0.359 e. The molecule has 1 saturated heterocycles. The molecule has 0 N–H and O–H groups in total. The largest absolute Gasteiger partial charge is 0.359 e. The molecule has 152 valence electrons. The van der Waals surface area contributed by atoms with Gasteiger partial charge in [-0.15, -0.1) is 0 Å². The molecule has 10 heteroatoms. The van der Waals surface area contributed by atoms with Crippen molar-refractivity contribution in [1.82, 2.24) is 29.7 Å². The number of rotatable bonds is 5. The number of hydrogen-bond acceptors (Lipinski definition) is 6. The molecule has 1 aliphatic heterocycles. The molecule has 0 unspecified atom stereocenters. The number of carbonyl (C=O) groups is 1. The van der Waals surface area contributed by atoms with E-state index in [0.717, 1.165) is 36.2 Å². The number of aromatic nitrogens is 4. The molecule has 4 heterocycles. The first kappa shape index (κ1) is 19.2. The first-order valence-electron chi connectivity index (χ1n) is 9.31. The van der Waals surface area contributed by atoms with Crippen LogP contribution in [-0.4, -0.2) is 61.8 Å². The van der Waals surface area contributed by atoms with E-state index in [-0.39, 0.29) is 11.6 Å². The Labute approximate surface area is 165 Å². The third-order valence-electron chi connectivity index (χ3n) is 4.82. The lowest BCUT2D eigenvalue weighted by Crippen LogP contribution is -2.35. The van der Waals surface area contributed by atoms with Crippen molar-refractivity contribution in [3.63, 3.8) is 0 Å². The molecule has 0 spiro atoms. The Morgan fingerprint density at radius 3 is 2.72 bits per heavy atom. The van der Waals surface area contributed by atoms with E-state index in [4.69, 9.17) is 4.52 Å². The van der Waals surface area contributed by atoms with Gasteiger partial charge in [0.25, 0.3) is 5.91 Å². The number of amides is 1. The molecule has 1 fully saturated rings. The topological polar surface area (TPSA) is 80.3 Å². The van der Waals surface area contributed by atoms with Crippen LogP contribution < -0.4 is 0 Å². The Hall–Kier alpha value is -3.14. The highest BCUT2D eigenvalue weighted by molar-refractivity contribution is 5.92. The van der Waals surface area contributed by atoms with Gasteiger partial charge in [-0.3, -0.25) is 14.7 Å². The van der Waals surface area contributed by atoms with Crippen molar-refractivity contribution < 1.29 is 18.1 Å². The van der Waals surface area contributed by atoms with Crippen LogP contribution in [0.3, 0.4) is 0 Å². The fourth-order valence-corrected chi connectivity index (χ4v) is 3.32. The van der Waals surface area contributed by atoms with Crippen molar-refractivity contribution in [3.05, 3.63) is 54.3 Å². The molecule has 0 aromatic carbocycles. The predicted octanol–water partition coefficient (Wildman–Crippen LogP) is 2.68. The number of alkyl halides is 2. The second-order valence-corrected chi connectivity index (χ2v) is 6.79. The highest BCUT2D eigenvalue weighted by Gasteiger charge is 2.23. The van der Waals surface area contributed by atoms with E-state index in [1.807, 2.05) is 18.2 Å². The van der Waals surface area contributed by atoms with Crippen LogP contribution in [0.2, 0.25) is 0 Å². The molecular formula is C19H20F2N6O2. The lowest BCUT2D eigenvalue weighted by Gasteiger charge is -2.20. The van der Waals surface area contributed by atoms with Gasteiger partial charge in [-0.05, 0) is 24.6 Å². The highest BCUT2D eigenvalue weighted by atomic mass is 19.3. The Morgan fingerprint density at radius 1 is 1.14 bits per heavy atom. The number of halogens is 2. The average Bonchev–Trinajstić information content (AvgIpc) is 3.35. The number of nitrogens with zero attached hydrogens (tertiary/aromatic N) is 6. The summed E-state index contributed by atoms with van der Waals surface area (Å²) in [6.07, 6.45) is 5.29. The van der Waals surface area contributed by atoms with E-state index >= 15 is 0 Å². The summed E-state index contributed by atoms with van der Waals surface area (Å²) in [6.45, 7) is 0.309. The summed E-state index contributed by atoms with van der Waals surface area (Å²) in [5.41, 5.74) is 1.73. The first-order chi connectivity index (χ1) is 14.1. The van der Waals surface area contributed by atoms with E-state index in [2.05, 4.69) is 20.1 Å². The molecule has 1 aliphatic rings. The van der Waals surface area contributed by atoms with Gasteiger partial charge in [-0.25, -0.2) is 4.68 Å². The van der Waals surface area contributed by atoms with E-state index < -0.39 is 6.55 Å². The van der Waals surface area contributed by atoms with E-state index in [1.54, 1.807) is 17.3 Å². The van der Waals surface area contributed by atoms with E-state index in [1.165, 1.54) is 6.07 Å². The van der Waals surface area contributed by atoms with Gasteiger partial charge in [0, 0.05) is 56.4 Å². The smallest absolute Gasteiger partial charge is 0.333 e. The molecule has 4 rings (SSSR count).